The summed E-state index contributed by atoms with van der Waals surface area (Å²) in [7, 11) is 0. The summed E-state index contributed by atoms with van der Waals surface area (Å²) < 4.78 is 5.41. The van der Waals surface area contributed by atoms with Crippen LogP contribution in [0.2, 0.25) is 0 Å². The molecule has 1 aromatic carbocycles. The van der Waals surface area contributed by atoms with E-state index in [1.54, 1.807) is 0 Å². The first-order valence-electron chi connectivity index (χ1n) is 6.74. The quantitative estimate of drug-likeness (QED) is 0.519. The standard InChI is InChI=1S/C14H21N3O2/c1-2-5-19-6-3-4-16-13-9-12-10(7-11(13)15)8-14(18)17-12/h7,9,16H,2-6,8,15H2,1H3,(H,17,18). The predicted molar refractivity (Wildman–Crippen MR) is 77.4 cm³/mol. The van der Waals surface area contributed by atoms with Crippen LogP contribution in [0.1, 0.15) is 25.3 Å². The third kappa shape index (κ3) is 3.61. The normalized spacial score (nSPS) is 13.2. The maximum absolute atomic E-state index is 11.3. The molecule has 1 aliphatic rings. The lowest BCUT2D eigenvalue weighted by Crippen LogP contribution is -2.08. The van der Waals surface area contributed by atoms with Gasteiger partial charge in [-0.05, 0) is 30.5 Å². The molecule has 1 amide bonds. The van der Waals surface area contributed by atoms with Gasteiger partial charge >= 0.3 is 0 Å². The van der Waals surface area contributed by atoms with Crippen LogP contribution in [0.25, 0.3) is 0 Å². The second-order valence-electron chi connectivity index (χ2n) is 4.71. The topological polar surface area (TPSA) is 76.4 Å². The van der Waals surface area contributed by atoms with Gasteiger partial charge in [0.2, 0.25) is 5.91 Å². The van der Waals surface area contributed by atoms with Gasteiger partial charge in [-0.25, -0.2) is 0 Å². The van der Waals surface area contributed by atoms with E-state index in [9.17, 15) is 4.79 Å². The summed E-state index contributed by atoms with van der Waals surface area (Å²) in [4.78, 5) is 11.3. The molecule has 1 aliphatic heterocycles. The lowest BCUT2D eigenvalue weighted by atomic mass is 10.1. The van der Waals surface area contributed by atoms with E-state index >= 15 is 0 Å². The fourth-order valence-electron chi connectivity index (χ4n) is 2.09. The highest BCUT2D eigenvalue weighted by molar-refractivity contribution is 6.00. The highest BCUT2D eigenvalue weighted by atomic mass is 16.5. The number of anilines is 3. The number of carbonyl (C=O) groups excluding carboxylic acids is 1. The van der Waals surface area contributed by atoms with Crippen LogP contribution in [0.4, 0.5) is 17.1 Å². The highest BCUT2D eigenvalue weighted by Gasteiger charge is 2.18. The van der Waals surface area contributed by atoms with Gasteiger partial charge in [0.05, 0.1) is 17.8 Å². The van der Waals surface area contributed by atoms with Crippen LogP contribution >= 0.6 is 0 Å². The molecule has 1 heterocycles. The van der Waals surface area contributed by atoms with Gasteiger partial charge in [0.15, 0.2) is 0 Å². The minimum atomic E-state index is 0.0273. The molecule has 5 heteroatoms. The maximum Gasteiger partial charge on any atom is 0.228 e. The van der Waals surface area contributed by atoms with Crippen molar-refractivity contribution in [2.45, 2.75) is 26.2 Å². The molecule has 0 bridgehead atoms. The van der Waals surface area contributed by atoms with Crippen LogP contribution in [-0.4, -0.2) is 25.7 Å². The molecule has 0 radical (unpaired) electrons. The summed E-state index contributed by atoms with van der Waals surface area (Å²) in [6, 6.07) is 3.77. The minimum absolute atomic E-state index is 0.0273. The largest absolute Gasteiger partial charge is 0.397 e. The zero-order valence-electron chi connectivity index (χ0n) is 11.3. The Kier molecular flexibility index (Phi) is 4.63. The average molecular weight is 263 g/mol. The monoisotopic (exact) mass is 263 g/mol. The molecule has 0 atom stereocenters. The first-order chi connectivity index (χ1) is 9.20. The number of ether oxygens (including phenoxy) is 1. The summed E-state index contributed by atoms with van der Waals surface area (Å²) in [5, 5.41) is 6.10. The summed E-state index contributed by atoms with van der Waals surface area (Å²) in [6.45, 7) is 4.47. The van der Waals surface area contributed by atoms with Crippen LogP contribution in [0.3, 0.4) is 0 Å². The number of amides is 1. The van der Waals surface area contributed by atoms with E-state index in [1.807, 2.05) is 12.1 Å². The fraction of sp³-hybridized carbons (Fsp3) is 0.500. The number of benzene rings is 1. The Hall–Kier alpha value is -1.75. The van der Waals surface area contributed by atoms with Gasteiger partial charge in [0.1, 0.15) is 0 Å². The van der Waals surface area contributed by atoms with Gasteiger partial charge in [-0.15, -0.1) is 0 Å². The zero-order valence-corrected chi connectivity index (χ0v) is 11.3. The van der Waals surface area contributed by atoms with Crippen LogP contribution < -0.4 is 16.4 Å². The number of nitrogens with two attached hydrogens (primary N) is 1. The Bertz CT molecular complexity index is 460. The van der Waals surface area contributed by atoms with Crippen molar-refractivity contribution in [1.82, 2.24) is 0 Å². The molecule has 19 heavy (non-hydrogen) atoms. The second-order valence-corrected chi connectivity index (χ2v) is 4.71. The van der Waals surface area contributed by atoms with Gasteiger partial charge in [-0.2, -0.15) is 0 Å². The molecule has 104 valence electrons. The summed E-state index contributed by atoms with van der Waals surface area (Å²) >= 11 is 0. The maximum atomic E-state index is 11.3. The number of carbonyl (C=O) groups is 1. The summed E-state index contributed by atoms with van der Waals surface area (Å²) in [6.07, 6.45) is 2.40. The van der Waals surface area contributed by atoms with Gasteiger partial charge in [-0.3, -0.25) is 4.79 Å². The molecular formula is C14H21N3O2. The van der Waals surface area contributed by atoms with Crippen LogP contribution in [-0.2, 0) is 16.0 Å². The molecule has 0 fully saturated rings. The number of hydrogen-bond acceptors (Lipinski definition) is 4. The smallest absolute Gasteiger partial charge is 0.228 e. The highest BCUT2D eigenvalue weighted by Crippen LogP contribution is 2.31. The Morgan fingerprint density at radius 1 is 1.42 bits per heavy atom. The van der Waals surface area contributed by atoms with E-state index < -0.39 is 0 Å². The van der Waals surface area contributed by atoms with E-state index in [4.69, 9.17) is 10.5 Å². The number of hydrogen-bond donors (Lipinski definition) is 3. The van der Waals surface area contributed by atoms with Crippen molar-refractivity contribution < 1.29 is 9.53 Å². The van der Waals surface area contributed by atoms with Gasteiger partial charge in [0.25, 0.3) is 0 Å². The van der Waals surface area contributed by atoms with E-state index in [1.165, 1.54) is 0 Å². The summed E-state index contributed by atoms with van der Waals surface area (Å²) in [5.41, 5.74) is 9.36. The Morgan fingerprint density at radius 2 is 2.26 bits per heavy atom. The van der Waals surface area contributed by atoms with Gasteiger partial charge < -0.3 is 21.1 Å². The lowest BCUT2D eigenvalue weighted by Gasteiger charge is -2.11. The Labute approximate surface area is 113 Å². The molecule has 0 saturated carbocycles. The number of rotatable bonds is 7. The van der Waals surface area contributed by atoms with Gasteiger partial charge in [0, 0.05) is 25.4 Å². The number of nitrogens with one attached hydrogen (secondary N) is 2. The Morgan fingerprint density at radius 3 is 3.05 bits per heavy atom. The van der Waals surface area contributed by atoms with E-state index in [2.05, 4.69) is 17.6 Å². The van der Waals surface area contributed by atoms with Crippen molar-refractivity contribution in [2.75, 3.05) is 36.1 Å². The van der Waals surface area contributed by atoms with Crippen LogP contribution in [0.5, 0.6) is 0 Å². The van der Waals surface area contributed by atoms with E-state index in [0.717, 1.165) is 49.5 Å². The second kappa shape index (κ2) is 6.43. The molecule has 2 rings (SSSR count). The van der Waals surface area contributed by atoms with Crippen molar-refractivity contribution in [3.05, 3.63) is 17.7 Å². The molecular weight excluding hydrogens is 242 g/mol. The van der Waals surface area contributed by atoms with Crippen molar-refractivity contribution in [3.63, 3.8) is 0 Å². The fourth-order valence-corrected chi connectivity index (χ4v) is 2.09. The third-order valence-electron chi connectivity index (χ3n) is 3.03. The predicted octanol–water partition coefficient (Wildman–Crippen LogP) is 1.99. The van der Waals surface area contributed by atoms with Crippen LogP contribution in [0, 0.1) is 0 Å². The van der Waals surface area contributed by atoms with Crippen molar-refractivity contribution in [3.8, 4) is 0 Å². The van der Waals surface area contributed by atoms with E-state index in [0.29, 0.717) is 12.1 Å². The first kappa shape index (κ1) is 13.7. The Balaban J connectivity index is 1.84. The third-order valence-corrected chi connectivity index (χ3v) is 3.03. The number of fused-ring (bicyclic) bond motifs is 1. The molecule has 0 saturated heterocycles. The molecule has 4 N–H and O–H groups in total. The molecule has 5 nitrogen and oxygen atoms in total. The van der Waals surface area contributed by atoms with Crippen LogP contribution in [0.15, 0.2) is 12.1 Å². The average Bonchev–Trinajstić information content (AvgIpc) is 2.72. The minimum Gasteiger partial charge on any atom is -0.397 e. The van der Waals surface area contributed by atoms with Crippen molar-refractivity contribution in [1.29, 1.82) is 0 Å². The summed E-state index contributed by atoms with van der Waals surface area (Å²) in [5.74, 6) is 0.0273. The molecule has 0 spiro atoms. The number of nitrogen functional groups attached to an aromatic ring is 1. The molecule has 0 unspecified atom stereocenters. The lowest BCUT2D eigenvalue weighted by molar-refractivity contribution is -0.115. The SMILES string of the molecule is CCCOCCCNc1cc2c(cc1N)CC(=O)N2. The van der Waals surface area contributed by atoms with Gasteiger partial charge in [-0.1, -0.05) is 6.92 Å². The molecule has 0 aromatic heterocycles. The van der Waals surface area contributed by atoms with Crippen molar-refractivity contribution in [2.24, 2.45) is 0 Å². The van der Waals surface area contributed by atoms with Crippen molar-refractivity contribution >= 4 is 23.0 Å². The molecule has 1 aromatic rings. The zero-order chi connectivity index (χ0) is 13.7. The first-order valence-corrected chi connectivity index (χ1v) is 6.74. The molecule has 0 aliphatic carbocycles. The van der Waals surface area contributed by atoms with E-state index in [-0.39, 0.29) is 5.91 Å².